The van der Waals surface area contributed by atoms with E-state index in [0.29, 0.717) is 30.6 Å². The third-order valence-electron chi connectivity index (χ3n) is 6.51. The molecule has 0 atom stereocenters. The van der Waals surface area contributed by atoms with Gasteiger partial charge in [0.25, 0.3) is 5.56 Å². The van der Waals surface area contributed by atoms with E-state index in [1.165, 1.54) is 4.68 Å². The number of aliphatic hydroxyl groups excluding tert-OH is 1. The summed E-state index contributed by atoms with van der Waals surface area (Å²) >= 11 is 0. The zero-order chi connectivity index (χ0) is 24.5. The maximum atomic E-state index is 13.6. The number of aryl methyl sites for hydroxylation is 1. The van der Waals surface area contributed by atoms with Gasteiger partial charge in [-0.3, -0.25) is 4.79 Å². The van der Waals surface area contributed by atoms with Crippen molar-refractivity contribution in [3.05, 3.63) is 119 Å². The van der Waals surface area contributed by atoms with E-state index >= 15 is 0 Å². The predicted molar refractivity (Wildman–Crippen MR) is 140 cm³/mol. The Morgan fingerprint density at radius 1 is 0.889 bits per heavy atom. The molecule has 7 nitrogen and oxygen atoms in total. The van der Waals surface area contributed by atoms with Crippen LogP contribution in [0.15, 0.2) is 102 Å². The maximum Gasteiger partial charge on any atom is 0.282 e. The smallest absolute Gasteiger partial charge is 0.282 e. The molecular weight excluding hydrogens is 450 g/mol. The van der Waals surface area contributed by atoms with E-state index in [9.17, 15) is 9.90 Å². The third-order valence-corrected chi connectivity index (χ3v) is 6.51. The Kier molecular flexibility index (Phi) is 5.67. The molecule has 3 aromatic carbocycles. The summed E-state index contributed by atoms with van der Waals surface area (Å²) in [7, 11) is 0. The van der Waals surface area contributed by atoms with Crippen molar-refractivity contribution >= 4 is 10.9 Å². The van der Waals surface area contributed by atoms with Gasteiger partial charge in [0, 0.05) is 37.1 Å². The van der Waals surface area contributed by atoms with Crippen LogP contribution in [0.2, 0.25) is 0 Å². The van der Waals surface area contributed by atoms with Crippen molar-refractivity contribution in [2.24, 2.45) is 0 Å². The van der Waals surface area contributed by atoms with Crippen LogP contribution >= 0.6 is 0 Å². The van der Waals surface area contributed by atoms with E-state index in [2.05, 4.69) is 27.9 Å². The van der Waals surface area contributed by atoms with Gasteiger partial charge >= 0.3 is 0 Å². The van der Waals surface area contributed by atoms with Crippen LogP contribution in [0.25, 0.3) is 33.5 Å². The number of rotatable bonds is 7. The SMILES string of the molecule is O=c1c2cn(Cc3ccc(-n4cccn4)cc3)c3ccccc3c-2nn1-c1ccccc1CCCO. The Labute approximate surface area is 207 Å². The van der Waals surface area contributed by atoms with E-state index < -0.39 is 0 Å². The first kappa shape index (κ1) is 22.0. The van der Waals surface area contributed by atoms with E-state index in [4.69, 9.17) is 5.10 Å². The minimum absolute atomic E-state index is 0.104. The van der Waals surface area contributed by atoms with Gasteiger partial charge in [0.1, 0.15) is 5.69 Å². The average molecular weight is 476 g/mol. The second-order valence-electron chi connectivity index (χ2n) is 8.83. The first-order chi connectivity index (χ1) is 17.7. The first-order valence-corrected chi connectivity index (χ1v) is 12.0. The standard InChI is InChI=1S/C29H25N5O2/c35-18-5-8-22-7-1-3-10-26(22)34-29(36)25-20-32(27-11-4-2-9-24(27)28(25)31-34)19-21-12-14-23(15-13-21)33-17-6-16-30-33/h1-4,6-7,9-17,20,35H,5,8,18-19H2. The molecule has 4 aromatic rings. The number of benzene rings is 3. The summed E-state index contributed by atoms with van der Waals surface area (Å²) in [6, 6.07) is 26.0. The van der Waals surface area contributed by atoms with Crippen LogP contribution in [0.3, 0.4) is 0 Å². The van der Waals surface area contributed by atoms with Crippen molar-refractivity contribution in [1.29, 1.82) is 0 Å². The van der Waals surface area contributed by atoms with Crippen LogP contribution in [0.5, 0.6) is 0 Å². The largest absolute Gasteiger partial charge is 0.396 e. The third kappa shape index (κ3) is 3.89. The molecule has 2 aliphatic rings. The van der Waals surface area contributed by atoms with Crippen LogP contribution < -0.4 is 5.56 Å². The number of nitrogens with zero attached hydrogens (tertiary/aromatic N) is 5. The van der Waals surface area contributed by atoms with Crippen LogP contribution in [-0.4, -0.2) is 35.8 Å². The molecule has 0 saturated heterocycles. The molecule has 0 spiro atoms. The molecule has 3 heterocycles. The molecule has 0 amide bonds. The van der Waals surface area contributed by atoms with Gasteiger partial charge in [-0.15, -0.1) is 0 Å². The summed E-state index contributed by atoms with van der Waals surface area (Å²) in [5.41, 5.74) is 6.01. The summed E-state index contributed by atoms with van der Waals surface area (Å²) in [5.74, 6) is 0. The Bertz CT molecular complexity index is 1660. The predicted octanol–water partition coefficient (Wildman–Crippen LogP) is 4.45. The fourth-order valence-electron chi connectivity index (χ4n) is 4.74. The van der Waals surface area contributed by atoms with E-state index in [0.717, 1.165) is 33.4 Å². The fraction of sp³-hybridized carbons (Fsp3) is 0.138. The maximum absolute atomic E-state index is 13.6. The highest BCUT2D eigenvalue weighted by Gasteiger charge is 2.21. The number of hydrogen-bond acceptors (Lipinski definition) is 4. The highest BCUT2D eigenvalue weighted by atomic mass is 16.2. The van der Waals surface area contributed by atoms with Gasteiger partial charge in [0.05, 0.1) is 22.5 Å². The lowest BCUT2D eigenvalue weighted by Gasteiger charge is -2.14. The van der Waals surface area contributed by atoms with Crippen molar-refractivity contribution in [2.45, 2.75) is 19.4 Å². The summed E-state index contributed by atoms with van der Waals surface area (Å²) in [4.78, 5) is 13.6. The zero-order valence-electron chi connectivity index (χ0n) is 19.7. The lowest BCUT2D eigenvalue weighted by Crippen LogP contribution is -2.17. The molecule has 7 heteroatoms. The van der Waals surface area contributed by atoms with Gasteiger partial charge in [0.15, 0.2) is 0 Å². The molecular formula is C29H25N5O2. The number of aromatic nitrogens is 5. The second kappa shape index (κ2) is 9.28. The van der Waals surface area contributed by atoms with Crippen molar-refractivity contribution in [3.8, 4) is 22.6 Å². The molecule has 0 unspecified atom stereocenters. The summed E-state index contributed by atoms with van der Waals surface area (Å²) in [6.07, 6.45) is 6.91. The molecule has 6 rings (SSSR count). The van der Waals surface area contributed by atoms with Gasteiger partial charge in [0.2, 0.25) is 0 Å². The van der Waals surface area contributed by atoms with E-state index in [1.807, 2.05) is 77.7 Å². The highest BCUT2D eigenvalue weighted by molar-refractivity contribution is 5.93. The number of hydrogen-bond donors (Lipinski definition) is 1. The number of pyridine rings is 1. The Balaban J connectivity index is 1.45. The van der Waals surface area contributed by atoms with Gasteiger partial charge in [-0.05, 0) is 54.3 Å². The number of fused-ring (bicyclic) bond motifs is 3. The van der Waals surface area contributed by atoms with Gasteiger partial charge in [-0.25, -0.2) is 4.68 Å². The summed E-state index contributed by atoms with van der Waals surface area (Å²) in [6.45, 7) is 0.723. The van der Waals surface area contributed by atoms with Gasteiger partial charge < -0.3 is 9.67 Å². The normalized spacial score (nSPS) is 11.5. The summed E-state index contributed by atoms with van der Waals surface area (Å²) < 4.78 is 5.45. The van der Waals surface area contributed by atoms with Crippen LogP contribution in [0, 0.1) is 0 Å². The second-order valence-corrected chi connectivity index (χ2v) is 8.83. The minimum Gasteiger partial charge on any atom is -0.396 e. The molecule has 2 aliphatic heterocycles. The van der Waals surface area contributed by atoms with Crippen molar-refractivity contribution < 1.29 is 5.11 Å². The summed E-state index contributed by atoms with van der Waals surface area (Å²) in [5, 5.41) is 19.3. The molecule has 178 valence electrons. The Morgan fingerprint density at radius 2 is 1.69 bits per heavy atom. The fourth-order valence-corrected chi connectivity index (χ4v) is 4.74. The molecule has 1 aromatic heterocycles. The number of aliphatic hydroxyl groups is 1. The number of para-hydroxylation sites is 2. The first-order valence-electron chi connectivity index (χ1n) is 12.0. The average Bonchev–Trinajstić information content (AvgIpc) is 3.57. The molecule has 0 bridgehead atoms. The topological polar surface area (TPSA) is 77.9 Å². The monoisotopic (exact) mass is 475 g/mol. The Hall–Kier alpha value is -4.49. The van der Waals surface area contributed by atoms with Crippen molar-refractivity contribution in [1.82, 2.24) is 24.1 Å². The zero-order valence-corrected chi connectivity index (χ0v) is 19.7. The van der Waals surface area contributed by atoms with E-state index in [-0.39, 0.29) is 12.2 Å². The van der Waals surface area contributed by atoms with Crippen LogP contribution in [-0.2, 0) is 13.0 Å². The molecule has 0 aliphatic carbocycles. The Morgan fingerprint density at radius 3 is 2.50 bits per heavy atom. The highest BCUT2D eigenvalue weighted by Crippen LogP contribution is 2.29. The minimum atomic E-state index is -0.144. The molecule has 0 fully saturated rings. The van der Waals surface area contributed by atoms with Crippen molar-refractivity contribution in [2.75, 3.05) is 6.61 Å². The van der Waals surface area contributed by atoms with Crippen LogP contribution in [0.1, 0.15) is 17.5 Å². The van der Waals surface area contributed by atoms with Crippen molar-refractivity contribution in [3.63, 3.8) is 0 Å². The molecule has 1 N–H and O–H groups in total. The molecule has 0 radical (unpaired) electrons. The van der Waals surface area contributed by atoms with E-state index in [1.54, 1.807) is 6.20 Å². The molecule has 36 heavy (non-hydrogen) atoms. The van der Waals surface area contributed by atoms with Gasteiger partial charge in [-0.1, -0.05) is 48.5 Å². The lowest BCUT2D eigenvalue weighted by molar-refractivity contribution is 0.288. The van der Waals surface area contributed by atoms with Gasteiger partial charge in [-0.2, -0.15) is 14.9 Å². The van der Waals surface area contributed by atoms with Crippen LogP contribution in [0.4, 0.5) is 0 Å². The quantitative estimate of drug-likeness (QED) is 0.370. The lowest BCUT2D eigenvalue weighted by atomic mass is 10.1. The molecule has 0 saturated carbocycles.